The van der Waals surface area contributed by atoms with E-state index in [1.165, 1.54) is 35.9 Å². The molecule has 2 bridgehead atoms. The number of ether oxygens (including phenoxy) is 1. The number of unbranched alkanes of at least 4 members (excludes halogenated alkanes) is 4. The van der Waals surface area contributed by atoms with Gasteiger partial charge in [-0.3, -0.25) is 19.2 Å². The van der Waals surface area contributed by atoms with Crippen molar-refractivity contribution in [1.82, 2.24) is 20.9 Å². The summed E-state index contributed by atoms with van der Waals surface area (Å²) in [6, 6.07) is -0.998. The predicted molar refractivity (Wildman–Crippen MR) is 161 cm³/mol. The maximum atomic E-state index is 13.2. The first-order valence-corrected chi connectivity index (χ1v) is 16.2. The number of esters is 1. The van der Waals surface area contributed by atoms with E-state index in [4.69, 9.17) is 4.74 Å². The first-order valence-electron chi connectivity index (χ1n) is 14.3. The standard InChI is InChI=1S/C29H44N4O6S2/c1-6-7-8-9-10-14-24(35)40-15-12-11-13-20-16-22(34)30-17-23-31-21(18-41-23)26(36)33-29(4,5)28(38)32-25(19(2)3)27(37)39-20/h11,13,18-20,25H,6-10,12,14-17H2,1-5H3,(H,30,34)(H,32,38)(H,33,36)/b13-11+/t20-,25?/m1/s1. The van der Waals surface area contributed by atoms with Gasteiger partial charge in [0.05, 0.1) is 13.0 Å². The van der Waals surface area contributed by atoms with Crippen molar-refractivity contribution in [2.45, 2.75) is 110 Å². The number of thioether (sulfide) groups is 1. The molecule has 1 unspecified atom stereocenters. The minimum absolute atomic E-state index is 0.108. The zero-order chi connectivity index (χ0) is 30.4. The molecule has 1 aromatic rings. The number of thiazole rings is 1. The summed E-state index contributed by atoms with van der Waals surface area (Å²) in [6.07, 6.45) is 9.11. The van der Waals surface area contributed by atoms with Gasteiger partial charge in [0.2, 0.25) is 11.8 Å². The maximum absolute atomic E-state index is 13.2. The number of fused-ring (bicyclic) bond motifs is 2. The lowest BCUT2D eigenvalue weighted by Gasteiger charge is -2.29. The van der Waals surface area contributed by atoms with Crippen LogP contribution in [-0.4, -0.2) is 57.2 Å². The van der Waals surface area contributed by atoms with Crippen LogP contribution < -0.4 is 16.0 Å². The van der Waals surface area contributed by atoms with Crippen LogP contribution in [0.15, 0.2) is 17.5 Å². The molecule has 1 aliphatic heterocycles. The van der Waals surface area contributed by atoms with E-state index in [0.29, 0.717) is 23.6 Å². The third-order valence-corrected chi connectivity index (χ3v) is 8.27. The minimum Gasteiger partial charge on any atom is -0.456 e. The highest BCUT2D eigenvalue weighted by atomic mass is 32.2. The van der Waals surface area contributed by atoms with Gasteiger partial charge in [0.1, 0.15) is 28.4 Å². The molecule has 0 fully saturated rings. The van der Waals surface area contributed by atoms with Crippen molar-refractivity contribution < 1.29 is 28.7 Å². The summed E-state index contributed by atoms with van der Waals surface area (Å²) in [5.74, 6) is -1.86. The second-order valence-corrected chi connectivity index (χ2v) is 13.1. The van der Waals surface area contributed by atoms with E-state index in [0.717, 1.165) is 19.3 Å². The highest BCUT2D eigenvalue weighted by molar-refractivity contribution is 8.13. The van der Waals surface area contributed by atoms with Crippen LogP contribution in [0.3, 0.4) is 0 Å². The van der Waals surface area contributed by atoms with E-state index in [-0.39, 0.29) is 35.6 Å². The Labute approximate surface area is 251 Å². The summed E-state index contributed by atoms with van der Waals surface area (Å²) in [5.41, 5.74) is -1.19. The van der Waals surface area contributed by atoms with Crippen molar-refractivity contribution >= 4 is 51.9 Å². The molecule has 12 heteroatoms. The lowest BCUT2D eigenvalue weighted by Crippen LogP contribution is -2.59. The van der Waals surface area contributed by atoms with Gasteiger partial charge in [-0.15, -0.1) is 11.3 Å². The number of hydrogen-bond acceptors (Lipinski definition) is 9. The first kappa shape index (κ1) is 34.5. The Morgan fingerprint density at radius 2 is 1.93 bits per heavy atom. The van der Waals surface area contributed by atoms with Gasteiger partial charge in [-0.05, 0) is 38.7 Å². The minimum atomic E-state index is -1.33. The number of nitrogens with zero attached hydrogens (tertiary/aromatic N) is 1. The van der Waals surface area contributed by atoms with E-state index in [1.54, 1.807) is 45.2 Å². The van der Waals surface area contributed by atoms with Crippen molar-refractivity contribution in [2.75, 3.05) is 5.75 Å². The van der Waals surface area contributed by atoms with Gasteiger partial charge < -0.3 is 20.7 Å². The van der Waals surface area contributed by atoms with Gasteiger partial charge in [0.25, 0.3) is 5.91 Å². The quantitative estimate of drug-likeness (QED) is 0.192. The Balaban J connectivity index is 2.09. The molecule has 2 rings (SSSR count). The third-order valence-electron chi connectivity index (χ3n) is 6.46. The average Bonchev–Trinajstić information content (AvgIpc) is 3.38. The molecule has 0 saturated carbocycles. The number of cyclic esters (lactones) is 1. The van der Waals surface area contributed by atoms with Gasteiger partial charge in [-0.1, -0.05) is 64.3 Å². The highest BCUT2D eigenvalue weighted by Crippen LogP contribution is 2.16. The van der Waals surface area contributed by atoms with Crippen LogP contribution >= 0.6 is 23.1 Å². The van der Waals surface area contributed by atoms with Crippen molar-refractivity contribution in [1.29, 1.82) is 0 Å². The fourth-order valence-electron chi connectivity index (χ4n) is 3.95. The molecule has 228 valence electrons. The molecule has 0 aromatic carbocycles. The van der Waals surface area contributed by atoms with Gasteiger partial charge in [-0.2, -0.15) is 0 Å². The SMILES string of the molecule is CCCCCCCC(=O)SCC/C=C/[C@@H]1CC(=O)NCc2nc(cs2)C(=O)NC(C)(C)C(=O)NC(C(C)C)C(=O)O1. The van der Waals surface area contributed by atoms with Crippen LogP contribution in [0.1, 0.15) is 101 Å². The number of nitrogens with one attached hydrogen (secondary N) is 3. The molecule has 0 spiro atoms. The lowest BCUT2D eigenvalue weighted by atomic mass is 9.99. The summed E-state index contributed by atoms with van der Waals surface area (Å²) in [7, 11) is 0. The average molecular weight is 609 g/mol. The first-order chi connectivity index (χ1) is 19.4. The Kier molecular flexibility index (Phi) is 14.5. The van der Waals surface area contributed by atoms with Gasteiger partial charge in [0.15, 0.2) is 5.12 Å². The second kappa shape index (κ2) is 17.3. The number of rotatable bonds is 11. The number of amides is 3. The summed E-state index contributed by atoms with van der Waals surface area (Å²) in [5, 5.41) is 10.4. The fourth-order valence-corrected chi connectivity index (χ4v) is 5.44. The Hall–Kier alpha value is -2.73. The fraction of sp³-hybridized carbons (Fsp3) is 0.655. The van der Waals surface area contributed by atoms with E-state index in [1.807, 2.05) is 0 Å². The van der Waals surface area contributed by atoms with E-state index in [9.17, 15) is 24.0 Å². The van der Waals surface area contributed by atoms with Crippen LogP contribution in [0.2, 0.25) is 0 Å². The molecule has 1 aromatic heterocycles. The molecule has 2 heterocycles. The van der Waals surface area contributed by atoms with Crippen LogP contribution in [0.25, 0.3) is 0 Å². The van der Waals surface area contributed by atoms with E-state index >= 15 is 0 Å². The molecule has 0 aliphatic carbocycles. The second-order valence-electron chi connectivity index (χ2n) is 11.0. The molecular formula is C29H44N4O6S2. The Bertz CT molecular complexity index is 1090. The van der Waals surface area contributed by atoms with Crippen LogP contribution in [0, 0.1) is 5.92 Å². The van der Waals surface area contributed by atoms with Crippen molar-refractivity contribution in [3.8, 4) is 0 Å². The monoisotopic (exact) mass is 608 g/mol. The van der Waals surface area contributed by atoms with Gasteiger partial charge >= 0.3 is 5.97 Å². The summed E-state index contributed by atoms with van der Waals surface area (Å²) < 4.78 is 5.70. The molecule has 3 amide bonds. The Morgan fingerprint density at radius 1 is 1.20 bits per heavy atom. The predicted octanol–water partition coefficient (Wildman–Crippen LogP) is 4.29. The maximum Gasteiger partial charge on any atom is 0.329 e. The van der Waals surface area contributed by atoms with E-state index in [2.05, 4.69) is 27.9 Å². The van der Waals surface area contributed by atoms with Crippen LogP contribution in [0.4, 0.5) is 0 Å². The summed E-state index contributed by atoms with van der Waals surface area (Å²) in [4.78, 5) is 68.1. The number of hydrogen-bond donors (Lipinski definition) is 3. The smallest absolute Gasteiger partial charge is 0.329 e. The Morgan fingerprint density at radius 3 is 2.63 bits per heavy atom. The van der Waals surface area contributed by atoms with Gasteiger partial charge in [0, 0.05) is 17.6 Å². The number of carbonyl (C=O) groups excluding carboxylic acids is 5. The largest absolute Gasteiger partial charge is 0.456 e. The molecule has 3 N–H and O–H groups in total. The molecule has 0 saturated heterocycles. The summed E-state index contributed by atoms with van der Waals surface area (Å²) >= 11 is 2.51. The number of allylic oxidation sites excluding steroid dienone is 1. The van der Waals surface area contributed by atoms with Crippen molar-refractivity contribution in [2.24, 2.45) is 5.92 Å². The third kappa shape index (κ3) is 12.4. The molecule has 2 atom stereocenters. The lowest BCUT2D eigenvalue weighted by molar-refractivity contribution is -0.153. The van der Waals surface area contributed by atoms with E-state index < -0.39 is 35.5 Å². The topological polar surface area (TPSA) is 144 Å². The molecule has 10 nitrogen and oxygen atoms in total. The summed E-state index contributed by atoms with van der Waals surface area (Å²) in [6.45, 7) is 8.88. The molecular weight excluding hydrogens is 564 g/mol. The van der Waals surface area contributed by atoms with Crippen molar-refractivity contribution in [3.05, 3.63) is 28.2 Å². The zero-order valence-electron chi connectivity index (χ0n) is 24.7. The molecule has 1 aliphatic rings. The normalized spacial score (nSPS) is 20.4. The molecule has 41 heavy (non-hydrogen) atoms. The number of carbonyl (C=O) groups is 5. The van der Waals surface area contributed by atoms with Crippen LogP contribution in [0.5, 0.6) is 0 Å². The molecule has 0 radical (unpaired) electrons. The highest BCUT2D eigenvalue weighted by Gasteiger charge is 2.36. The van der Waals surface area contributed by atoms with Crippen molar-refractivity contribution in [3.63, 3.8) is 0 Å². The number of aromatic nitrogens is 1. The van der Waals surface area contributed by atoms with Crippen LogP contribution in [-0.2, 0) is 30.5 Å². The zero-order valence-corrected chi connectivity index (χ0v) is 26.4. The van der Waals surface area contributed by atoms with Gasteiger partial charge in [-0.25, -0.2) is 9.78 Å².